The predicted octanol–water partition coefficient (Wildman–Crippen LogP) is 3.36. The summed E-state index contributed by atoms with van der Waals surface area (Å²) in [4.78, 5) is 0. The van der Waals surface area contributed by atoms with E-state index in [1.165, 1.54) is 6.42 Å². The van der Waals surface area contributed by atoms with E-state index < -0.39 is 11.5 Å². The fourth-order valence-corrected chi connectivity index (χ4v) is 5.27. The Morgan fingerprint density at radius 2 is 1.75 bits per heavy atom. The SMILES string of the molecule is CC(F)(F)CC12CC3CC(CC(O)(C3)C1)C2. The Morgan fingerprint density at radius 1 is 1.19 bits per heavy atom. The maximum atomic E-state index is 13.3. The minimum atomic E-state index is -2.58. The molecule has 0 amide bonds. The maximum absolute atomic E-state index is 13.3. The van der Waals surface area contributed by atoms with E-state index in [0.717, 1.165) is 32.6 Å². The molecular weight excluding hydrogens is 210 g/mol. The quantitative estimate of drug-likeness (QED) is 0.771. The highest BCUT2D eigenvalue weighted by Gasteiger charge is 2.58. The molecule has 0 radical (unpaired) electrons. The maximum Gasteiger partial charge on any atom is 0.245 e. The first kappa shape index (κ1) is 10.9. The molecule has 0 saturated heterocycles. The van der Waals surface area contributed by atoms with Crippen LogP contribution in [0.4, 0.5) is 8.78 Å². The molecule has 4 aliphatic carbocycles. The van der Waals surface area contributed by atoms with E-state index in [4.69, 9.17) is 0 Å². The second kappa shape index (κ2) is 2.98. The number of alkyl halides is 2. The Labute approximate surface area is 95.2 Å². The van der Waals surface area contributed by atoms with Crippen LogP contribution in [0.3, 0.4) is 0 Å². The molecule has 4 rings (SSSR count). The van der Waals surface area contributed by atoms with Crippen LogP contribution in [-0.2, 0) is 0 Å². The molecule has 3 heteroatoms. The third-order valence-corrected chi connectivity index (χ3v) is 4.84. The monoisotopic (exact) mass is 230 g/mol. The third-order valence-electron chi connectivity index (χ3n) is 4.84. The Bertz CT molecular complexity index is 290. The van der Waals surface area contributed by atoms with Gasteiger partial charge in [0.2, 0.25) is 5.92 Å². The summed E-state index contributed by atoms with van der Waals surface area (Å²) < 4.78 is 26.5. The lowest BCUT2D eigenvalue weighted by Gasteiger charge is -2.60. The van der Waals surface area contributed by atoms with Crippen molar-refractivity contribution in [2.24, 2.45) is 17.3 Å². The Kier molecular flexibility index (Phi) is 2.04. The topological polar surface area (TPSA) is 20.2 Å². The molecule has 0 aromatic heterocycles. The van der Waals surface area contributed by atoms with E-state index in [1.54, 1.807) is 0 Å². The highest BCUT2D eigenvalue weighted by molar-refractivity contribution is 5.08. The zero-order chi connectivity index (χ0) is 11.6. The van der Waals surface area contributed by atoms with Gasteiger partial charge in [-0.05, 0) is 62.7 Å². The first-order valence-corrected chi connectivity index (χ1v) is 6.38. The molecule has 0 aromatic rings. The van der Waals surface area contributed by atoms with Crippen LogP contribution in [0.15, 0.2) is 0 Å². The number of hydrogen-bond acceptors (Lipinski definition) is 1. The summed E-state index contributed by atoms with van der Waals surface area (Å²) >= 11 is 0. The average molecular weight is 230 g/mol. The van der Waals surface area contributed by atoms with Crippen LogP contribution >= 0.6 is 0 Å². The van der Waals surface area contributed by atoms with Crippen LogP contribution < -0.4 is 0 Å². The van der Waals surface area contributed by atoms with Crippen molar-refractivity contribution in [3.05, 3.63) is 0 Å². The highest BCUT2D eigenvalue weighted by Crippen LogP contribution is 2.64. The van der Waals surface area contributed by atoms with Gasteiger partial charge < -0.3 is 5.11 Å². The molecule has 4 saturated carbocycles. The van der Waals surface area contributed by atoms with E-state index >= 15 is 0 Å². The lowest BCUT2D eigenvalue weighted by molar-refractivity contribution is -0.184. The van der Waals surface area contributed by atoms with Gasteiger partial charge in [-0.2, -0.15) is 0 Å². The van der Waals surface area contributed by atoms with Gasteiger partial charge in [-0.3, -0.25) is 0 Å². The second-order valence-electron chi connectivity index (χ2n) is 6.93. The predicted molar refractivity (Wildman–Crippen MR) is 57.3 cm³/mol. The smallest absolute Gasteiger partial charge is 0.245 e. The standard InChI is InChI=1S/C13H20F2O/c1-11(14,15)7-12-3-9-2-10(4-12)6-13(16,5-9)8-12/h9-10,16H,2-8H2,1H3. The van der Waals surface area contributed by atoms with Crippen molar-refractivity contribution in [2.75, 3.05) is 0 Å². The molecule has 4 aliphatic rings. The largest absolute Gasteiger partial charge is 0.390 e. The highest BCUT2D eigenvalue weighted by atomic mass is 19.3. The lowest BCUT2D eigenvalue weighted by Crippen LogP contribution is -2.56. The van der Waals surface area contributed by atoms with Gasteiger partial charge in [0.25, 0.3) is 0 Å². The molecule has 2 atom stereocenters. The van der Waals surface area contributed by atoms with Crippen LogP contribution in [-0.4, -0.2) is 16.6 Å². The van der Waals surface area contributed by atoms with Gasteiger partial charge in [0.05, 0.1) is 5.60 Å². The van der Waals surface area contributed by atoms with Gasteiger partial charge in [-0.15, -0.1) is 0 Å². The van der Waals surface area contributed by atoms with Gasteiger partial charge in [-0.25, -0.2) is 8.78 Å². The summed E-state index contributed by atoms with van der Waals surface area (Å²) in [5.41, 5.74) is -0.855. The fraction of sp³-hybridized carbons (Fsp3) is 1.00. The molecule has 1 N–H and O–H groups in total. The van der Waals surface area contributed by atoms with Gasteiger partial charge in [0.15, 0.2) is 0 Å². The summed E-state index contributed by atoms with van der Waals surface area (Å²) in [5, 5.41) is 10.4. The minimum Gasteiger partial charge on any atom is -0.390 e. The number of hydrogen-bond donors (Lipinski definition) is 1. The van der Waals surface area contributed by atoms with Crippen LogP contribution in [0.1, 0.15) is 51.9 Å². The molecule has 0 aromatic carbocycles. The summed E-state index contributed by atoms with van der Waals surface area (Å²) in [5.74, 6) is -1.57. The zero-order valence-electron chi connectivity index (χ0n) is 9.81. The normalized spacial score (nSPS) is 51.0. The number of aliphatic hydroxyl groups is 1. The average Bonchev–Trinajstić information content (AvgIpc) is 1.91. The fourth-order valence-electron chi connectivity index (χ4n) is 5.27. The van der Waals surface area contributed by atoms with Crippen molar-refractivity contribution in [2.45, 2.75) is 63.4 Å². The molecule has 2 unspecified atom stereocenters. The second-order valence-corrected chi connectivity index (χ2v) is 6.93. The van der Waals surface area contributed by atoms with E-state index in [0.29, 0.717) is 18.3 Å². The summed E-state index contributed by atoms with van der Waals surface area (Å²) in [6, 6.07) is 0. The van der Waals surface area contributed by atoms with Crippen molar-refractivity contribution < 1.29 is 13.9 Å². The molecule has 4 bridgehead atoms. The molecule has 0 heterocycles. The van der Waals surface area contributed by atoms with E-state index in [-0.39, 0.29) is 11.8 Å². The summed E-state index contributed by atoms with van der Waals surface area (Å²) in [7, 11) is 0. The summed E-state index contributed by atoms with van der Waals surface area (Å²) in [6.45, 7) is 1.02. The van der Waals surface area contributed by atoms with Crippen LogP contribution in [0, 0.1) is 17.3 Å². The van der Waals surface area contributed by atoms with Crippen molar-refractivity contribution >= 4 is 0 Å². The minimum absolute atomic E-state index is 0.0185. The summed E-state index contributed by atoms with van der Waals surface area (Å²) in [6.07, 6.45) is 5.34. The van der Waals surface area contributed by atoms with Gasteiger partial charge in [0.1, 0.15) is 0 Å². The third kappa shape index (κ3) is 1.77. The van der Waals surface area contributed by atoms with Crippen LogP contribution in [0.2, 0.25) is 0 Å². The molecular formula is C13H20F2O. The van der Waals surface area contributed by atoms with E-state index in [1.807, 2.05) is 0 Å². The molecule has 92 valence electrons. The Morgan fingerprint density at radius 3 is 2.19 bits per heavy atom. The first-order chi connectivity index (χ1) is 7.28. The van der Waals surface area contributed by atoms with E-state index in [9.17, 15) is 13.9 Å². The molecule has 16 heavy (non-hydrogen) atoms. The van der Waals surface area contributed by atoms with E-state index in [2.05, 4.69) is 0 Å². The Balaban J connectivity index is 1.86. The van der Waals surface area contributed by atoms with Crippen molar-refractivity contribution in [3.8, 4) is 0 Å². The van der Waals surface area contributed by atoms with Crippen molar-refractivity contribution in [1.29, 1.82) is 0 Å². The van der Waals surface area contributed by atoms with Crippen molar-refractivity contribution in [1.82, 2.24) is 0 Å². The first-order valence-electron chi connectivity index (χ1n) is 6.38. The van der Waals surface area contributed by atoms with Gasteiger partial charge >= 0.3 is 0 Å². The van der Waals surface area contributed by atoms with Crippen molar-refractivity contribution in [3.63, 3.8) is 0 Å². The van der Waals surface area contributed by atoms with Gasteiger partial charge in [0, 0.05) is 6.42 Å². The molecule has 0 spiro atoms. The number of rotatable bonds is 2. The molecule has 1 nitrogen and oxygen atoms in total. The molecule has 0 aliphatic heterocycles. The number of halogens is 2. The van der Waals surface area contributed by atoms with Gasteiger partial charge in [-0.1, -0.05) is 0 Å². The molecule has 4 fully saturated rings. The zero-order valence-corrected chi connectivity index (χ0v) is 9.81. The lowest BCUT2D eigenvalue weighted by atomic mass is 9.47. The van der Waals surface area contributed by atoms with Crippen LogP contribution in [0.25, 0.3) is 0 Å². The van der Waals surface area contributed by atoms with Crippen LogP contribution in [0.5, 0.6) is 0 Å². The Hall–Kier alpha value is -0.180.